The second-order valence-corrected chi connectivity index (χ2v) is 2.93. The van der Waals surface area contributed by atoms with Crippen molar-refractivity contribution in [3.63, 3.8) is 0 Å². The average molecular weight is 193 g/mol. The maximum absolute atomic E-state index is 7.71. The Hall–Kier alpha value is -1.51. The first-order chi connectivity index (χ1) is 6.71. The van der Waals surface area contributed by atoms with Crippen molar-refractivity contribution in [1.29, 1.82) is 5.41 Å². The van der Waals surface area contributed by atoms with Crippen LogP contribution in [0.25, 0.3) is 0 Å². The van der Waals surface area contributed by atoms with Crippen molar-refractivity contribution in [2.24, 2.45) is 0 Å². The highest BCUT2D eigenvalue weighted by atomic mass is 16.5. The Balaban J connectivity index is 3.10. The number of rotatable bonds is 4. The minimum atomic E-state index is 0.585. The molecule has 0 radical (unpaired) electrons. The van der Waals surface area contributed by atoms with Crippen molar-refractivity contribution >= 4 is 5.71 Å². The van der Waals surface area contributed by atoms with Crippen molar-refractivity contribution < 1.29 is 9.47 Å². The molecule has 0 saturated heterocycles. The fraction of sp³-hybridized carbons (Fsp3) is 0.364. The smallest absolute Gasteiger partial charge is 0.123 e. The Kier molecular flexibility index (Phi) is 3.51. The number of methoxy groups -OCH3 is 2. The molecule has 0 atom stereocenters. The van der Waals surface area contributed by atoms with Gasteiger partial charge in [0.05, 0.1) is 14.2 Å². The van der Waals surface area contributed by atoms with Gasteiger partial charge in [-0.2, -0.15) is 0 Å². The van der Waals surface area contributed by atoms with E-state index in [0.717, 1.165) is 17.1 Å². The third-order valence-electron chi connectivity index (χ3n) is 2.05. The molecule has 1 rings (SSSR count). The predicted molar refractivity (Wildman–Crippen MR) is 56.7 cm³/mol. The van der Waals surface area contributed by atoms with E-state index in [1.54, 1.807) is 20.3 Å². The highest BCUT2D eigenvalue weighted by Crippen LogP contribution is 2.23. The predicted octanol–water partition coefficient (Wildman–Crippen LogP) is 2.48. The molecular weight excluding hydrogens is 178 g/mol. The highest BCUT2D eigenvalue weighted by molar-refractivity contribution is 5.98. The molecule has 3 nitrogen and oxygen atoms in total. The molecule has 76 valence electrons. The molecule has 0 aliphatic carbocycles. The first-order valence-electron chi connectivity index (χ1n) is 4.52. The third-order valence-corrected chi connectivity index (χ3v) is 2.05. The third kappa shape index (κ3) is 2.25. The molecule has 0 spiro atoms. The lowest BCUT2D eigenvalue weighted by Gasteiger charge is -2.08. The molecule has 0 heterocycles. The summed E-state index contributed by atoms with van der Waals surface area (Å²) in [5.41, 5.74) is 1.44. The molecule has 14 heavy (non-hydrogen) atoms. The zero-order valence-corrected chi connectivity index (χ0v) is 8.76. The average Bonchev–Trinajstić information content (AvgIpc) is 2.27. The fourth-order valence-corrected chi connectivity index (χ4v) is 1.19. The number of ether oxygens (including phenoxy) is 2. The van der Waals surface area contributed by atoms with Crippen molar-refractivity contribution in [3.8, 4) is 11.5 Å². The maximum atomic E-state index is 7.71. The van der Waals surface area contributed by atoms with Gasteiger partial charge in [0, 0.05) is 17.3 Å². The van der Waals surface area contributed by atoms with Crippen molar-refractivity contribution in [1.82, 2.24) is 0 Å². The van der Waals surface area contributed by atoms with Crippen LogP contribution in [0, 0.1) is 5.41 Å². The standard InChI is InChI=1S/C11H15NO2/c1-4-11(12)8-5-9(13-2)7-10(6-8)14-3/h5-7,12H,4H2,1-3H3. The van der Waals surface area contributed by atoms with E-state index in [0.29, 0.717) is 12.1 Å². The van der Waals surface area contributed by atoms with Crippen LogP contribution in [-0.4, -0.2) is 19.9 Å². The van der Waals surface area contributed by atoms with Gasteiger partial charge in [0.25, 0.3) is 0 Å². The lowest BCUT2D eigenvalue weighted by molar-refractivity contribution is 0.394. The molecule has 0 fully saturated rings. The van der Waals surface area contributed by atoms with E-state index in [4.69, 9.17) is 14.9 Å². The van der Waals surface area contributed by atoms with Gasteiger partial charge in [0.1, 0.15) is 11.5 Å². The van der Waals surface area contributed by atoms with Gasteiger partial charge in [-0.3, -0.25) is 0 Å². The Morgan fingerprint density at radius 2 is 1.64 bits per heavy atom. The number of benzene rings is 1. The lowest BCUT2D eigenvalue weighted by atomic mass is 10.1. The number of hydrogen-bond donors (Lipinski definition) is 1. The minimum absolute atomic E-state index is 0.585. The highest BCUT2D eigenvalue weighted by Gasteiger charge is 2.04. The molecule has 0 aromatic heterocycles. The summed E-state index contributed by atoms with van der Waals surface area (Å²) < 4.78 is 10.2. The Morgan fingerprint density at radius 3 is 2.00 bits per heavy atom. The van der Waals surface area contributed by atoms with Crippen molar-refractivity contribution in [2.75, 3.05) is 14.2 Å². The fourth-order valence-electron chi connectivity index (χ4n) is 1.19. The van der Waals surface area contributed by atoms with Gasteiger partial charge >= 0.3 is 0 Å². The van der Waals surface area contributed by atoms with Gasteiger partial charge in [-0.25, -0.2) is 0 Å². The molecule has 1 N–H and O–H groups in total. The van der Waals surface area contributed by atoms with E-state index in [9.17, 15) is 0 Å². The summed E-state index contributed by atoms with van der Waals surface area (Å²) in [4.78, 5) is 0. The second kappa shape index (κ2) is 4.65. The molecule has 3 heteroatoms. The van der Waals surface area contributed by atoms with E-state index in [-0.39, 0.29) is 0 Å². The van der Waals surface area contributed by atoms with Gasteiger partial charge in [-0.05, 0) is 18.6 Å². The molecule has 0 saturated carbocycles. The zero-order chi connectivity index (χ0) is 10.6. The Morgan fingerprint density at radius 1 is 1.14 bits per heavy atom. The van der Waals surface area contributed by atoms with Crippen LogP contribution < -0.4 is 9.47 Å². The summed E-state index contributed by atoms with van der Waals surface area (Å²) in [5.74, 6) is 1.44. The van der Waals surface area contributed by atoms with Crippen LogP contribution in [0.2, 0.25) is 0 Å². The number of hydrogen-bond acceptors (Lipinski definition) is 3. The Labute approximate surface area is 84.2 Å². The summed E-state index contributed by atoms with van der Waals surface area (Å²) in [6.45, 7) is 1.95. The summed E-state index contributed by atoms with van der Waals surface area (Å²) in [5, 5.41) is 7.71. The van der Waals surface area contributed by atoms with Crippen molar-refractivity contribution in [3.05, 3.63) is 23.8 Å². The van der Waals surface area contributed by atoms with E-state index in [2.05, 4.69) is 0 Å². The van der Waals surface area contributed by atoms with Crippen LogP contribution >= 0.6 is 0 Å². The van der Waals surface area contributed by atoms with Crippen LogP contribution in [0.3, 0.4) is 0 Å². The number of nitrogens with one attached hydrogen (secondary N) is 1. The Bertz CT molecular complexity index is 312. The topological polar surface area (TPSA) is 42.3 Å². The zero-order valence-electron chi connectivity index (χ0n) is 8.76. The van der Waals surface area contributed by atoms with Gasteiger partial charge in [-0.1, -0.05) is 6.92 Å². The van der Waals surface area contributed by atoms with Gasteiger partial charge < -0.3 is 14.9 Å². The lowest BCUT2D eigenvalue weighted by Crippen LogP contribution is -1.98. The summed E-state index contributed by atoms with van der Waals surface area (Å²) in [6, 6.07) is 5.48. The SMILES string of the molecule is CCC(=N)c1cc(OC)cc(OC)c1. The molecule has 0 amide bonds. The van der Waals surface area contributed by atoms with E-state index in [1.807, 2.05) is 19.1 Å². The molecule has 1 aromatic rings. The summed E-state index contributed by atoms with van der Waals surface area (Å²) in [7, 11) is 3.21. The monoisotopic (exact) mass is 193 g/mol. The van der Waals surface area contributed by atoms with Crippen LogP contribution in [-0.2, 0) is 0 Å². The largest absolute Gasteiger partial charge is 0.497 e. The summed E-state index contributed by atoms with van der Waals surface area (Å²) in [6.07, 6.45) is 0.705. The molecule has 0 aliphatic rings. The van der Waals surface area contributed by atoms with Gasteiger partial charge in [-0.15, -0.1) is 0 Å². The molecular formula is C11H15NO2. The first-order valence-corrected chi connectivity index (χ1v) is 4.52. The van der Waals surface area contributed by atoms with E-state index >= 15 is 0 Å². The van der Waals surface area contributed by atoms with E-state index in [1.165, 1.54) is 0 Å². The maximum Gasteiger partial charge on any atom is 0.123 e. The minimum Gasteiger partial charge on any atom is -0.497 e. The normalized spacial score (nSPS) is 9.64. The molecule has 0 bridgehead atoms. The van der Waals surface area contributed by atoms with E-state index < -0.39 is 0 Å². The molecule has 0 aliphatic heterocycles. The summed E-state index contributed by atoms with van der Waals surface area (Å²) >= 11 is 0. The van der Waals surface area contributed by atoms with Crippen LogP contribution in [0.15, 0.2) is 18.2 Å². The molecule has 0 unspecified atom stereocenters. The van der Waals surface area contributed by atoms with Crippen LogP contribution in [0.4, 0.5) is 0 Å². The van der Waals surface area contributed by atoms with Crippen LogP contribution in [0.1, 0.15) is 18.9 Å². The quantitative estimate of drug-likeness (QED) is 0.746. The van der Waals surface area contributed by atoms with Gasteiger partial charge in [0.2, 0.25) is 0 Å². The van der Waals surface area contributed by atoms with Crippen LogP contribution in [0.5, 0.6) is 11.5 Å². The van der Waals surface area contributed by atoms with Gasteiger partial charge in [0.15, 0.2) is 0 Å². The first kappa shape index (κ1) is 10.6. The van der Waals surface area contributed by atoms with Crippen molar-refractivity contribution in [2.45, 2.75) is 13.3 Å². The second-order valence-electron chi connectivity index (χ2n) is 2.93. The molecule has 1 aromatic carbocycles.